The number of halogens is 3. The monoisotopic (exact) mass is 375 g/mol. The third kappa shape index (κ3) is 4.81. The van der Waals surface area contributed by atoms with Crippen LogP contribution in [0.1, 0.15) is 22.5 Å². The second-order valence-electron chi connectivity index (χ2n) is 5.31. The van der Waals surface area contributed by atoms with E-state index in [-0.39, 0.29) is 17.3 Å². The van der Waals surface area contributed by atoms with Crippen LogP contribution in [0.5, 0.6) is 6.01 Å². The Labute approximate surface area is 143 Å². The molecule has 0 unspecified atom stereocenters. The normalized spacial score (nSPS) is 12.1. The number of benzene rings is 1. The van der Waals surface area contributed by atoms with Gasteiger partial charge in [0, 0.05) is 0 Å². The molecular formula is C15H16F3N3O3S. The average Bonchev–Trinajstić information content (AvgIpc) is 2.50. The summed E-state index contributed by atoms with van der Waals surface area (Å²) in [5.74, 6) is -0.476. The first-order valence-electron chi connectivity index (χ1n) is 7.07. The lowest BCUT2D eigenvalue weighted by Gasteiger charge is -2.13. The van der Waals surface area contributed by atoms with E-state index in [0.29, 0.717) is 11.4 Å². The molecule has 0 saturated heterocycles. The van der Waals surface area contributed by atoms with Gasteiger partial charge >= 0.3 is 12.2 Å². The predicted molar refractivity (Wildman–Crippen MR) is 85.7 cm³/mol. The molecule has 1 N–H and O–H groups in total. The molecule has 2 rings (SSSR count). The van der Waals surface area contributed by atoms with E-state index in [0.717, 1.165) is 24.3 Å². The van der Waals surface area contributed by atoms with Crippen LogP contribution in [-0.4, -0.2) is 25.5 Å². The summed E-state index contributed by atoms with van der Waals surface area (Å²) in [7, 11) is -2.46. The number of methoxy groups -OCH3 is 1. The van der Waals surface area contributed by atoms with E-state index in [2.05, 4.69) is 14.7 Å². The van der Waals surface area contributed by atoms with Crippen molar-refractivity contribution in [2.75, 3.05) is 11.8 Å². The Bertz CT molecular complexity index is 843. The Hall–Kier alpha value is -2.36. The number of hydrogen-bond acceptors (Lipinski definition) is 5. The summed E-state index contributed by atoms with van der Waals surface area (Å²) in [6, 6.07) is 4.06. The van der Waals surface area contributed by atoms with E-state index in [1.54, 1.807) is 13.8 Å². The number of alkyl halides is 3. The third-order valence-electron chi connectivity index (χ3n) is 3.33. The van der Waals surface area contributed by atoms with Gasteiger partial charge in [0.2, 0.25) is 10.0 Å². The Morgan fingerprint density at radius 1 is 1.08 bits per heavy atom. The molecule has 25 heavy (non-hydrogen) atoms. The summed E-state index contributed by atoms with van der Waals surface area (Å²) in [5, 5.41) is 0. The number of rotatable bonds is 5. The highest BCUT2D eigenvalue weighted by Gasteiger charge is 2.30. The van der Waals surface area contributed by atoms with Crippen LogP contribution in [0.2, 0.25) is 0 Å². The highest BCUT2D eigenvalue weighted by Crippen LogP contribution is 2.29. The van der Waals surface area contributed by atoms with Crippen molar-refractivity contribution in [2.45, 2.75) is 25.8 Å². The summed E-state index contributed by atoms with van der Waals surface area (Å²) >= 11 is 0. The molecule has 1 aromatic heterocycles. The van der Waals surface area contributed by atoms with Crippen LogP contribution < -0.4 is 9.46 Å². The van der Waals surface area contributed by atoms with Crippen LogP contribution >= 0.6 is 0 Å². The van der Waals surface area contributed by atoms with E-state index in [1.807, 2.05) is 0 Å². The van der Waals surface area contributed by atoms with Crippen molar-refractivity contribution >= 4 is 15.7 Å². The molecule has 0 aliphatic heterocycles. The number of sulfonamides is 1. The van der Waals surface area contributed by atoms with E-state index in [4.69, 9.17) is 4.74 Å². The summed E-state index contributed by atoms with van der Waals surface area (Å²) in [6.45, 7) is 3.18. The number of ether oxygens (including phenoxy) is 1. The van der Waals surface area contributed by atoms with Gasteiger partial charge in [0.1, 0.15) is 0 Å². The Morgan fingerprint density at radius 3 is 2.04 bits per heavy atom. The van der Waals surface area contributed by atoms with Crippen LogP contribution in [0.25, 0.3) is 0 Å². The van der Waals surface area contributed by atoms with Gasteiger partial charge in [-0.3, -0.25) is 4.72 Å². The minimum Gasteiger partial charge on any atom is -0.467 e. The van der Waals surface area contributed by atoms with Crippen molar-refractivity contribution in [3.8, 4) is 6.01 Å². The summed E-state index contributed by atoms with van der Waals surface area (Å²) < 4.78 is 69.5. The zero-order chi connectivity index (χ0) is 18.8. The Balaban J connectivity index is 2.20. The van der Waals surface area contributed by atoms with Crippen LogP contribution in [0.15, 0.2) is 24.3 Å². The third-order valence-corrected chi connectivity index (χ3v) is 4.56. The largest absolute Gasteiger partial charge is 0.467 e. The van der Waals surface area contributed by atoms with Crippen LogP contribution in [-0.2, 0) is 22.0 Å². The molecule has 0 radical (unpaired) electrons. The number of aryl methyl sites for hydroxylation is 2. The SMILES string of the molecule is COc1nc(C)c(NS(=O)(=O)Cc2ccc(C(F)(F)F)cc2)c(C)n1. The van der Waals surface area contributed by atoms with Crippen LogP contribution in [0.4, 0.5) is 18.9 Å². The first-order valence-corrected chi connectivity index (χ1v) is 8.73. The van der Waals surface area contributed by atoms with Gasteiger partial charge < -0.3 is 4.74 Å². The van der Waals surface area contributed by atoms with Gasteiger partial charge in [-0.25, -0.2) is 8.42 Å². The number of anilines is 1. The number of hydrogen-bond donors (Lipinski definition) is 1. The standard InChI is InChI=1S/C15H16F3N3O3S/c1-9-13(10(2)20-14(19-9)24-3)21-25(22,23)8-11-4-6-12(7-5-11)15(16,17)18/h4-7,21H,8H2,1-3H3. The molecule has 0 aliphatic rings. The molecule has 0 amide bonds. The predicted octanol–water partition coefficient (Wildman–Crippen LogP) is 3.06. The Morgan fingerprint density at radius 2 is 1.60 bits per heavy atom. The van der Waals surface area contributed by atoms with Crippen LogP contribution in [0.3, 0.4) is 0 Å². The van der Waals surface area contributed by atoms with Gasteiger partial charge in [-0.05, 0) is 31.5 Å². The van der Waals surface area contributed by atoms with Gasteiger partial charge in [-0.2, -0.15) is 23.1 Å². The van der Waals surface area contributed by atoms with E-state index in [1.165, 1.54) is 7.11 Å². The van der Waals surface area contributed by atoms with Gasteiger partial charge in [-0.15, -0.1) is 0 Å². The molecule has 1 heterocycles. The number of aromatic nitrogens is 2. The van der Waals surface area contributed by atoms with Crippen molar-refractivity contribution in [3.05, 3.63) is 46.8 Å². The zero-order valence-corrected chi connectivity index (χ0v) is 14.5. The van der Waals surface area contributed by atoms with E-state index < -0.39 is 27.5 Å². The molecule has 0 fully saturated rings. The molecule has 0 aliphatic carbocycles. The fraction of sp³-hybridized carbons (Fsp3) is 0.333. The average molecular weight is 375 g/mol. The highest BCUT2D eigenvalue weighted by molar-refractivity contribution is 7.91. The van der Waals surface area contributed by atoms with Crippen molar-refractivity contribution in [3.63, 3.8) is 0 Å². The van der Waals surface area contributed by atoms with Gasteiger partial charge in [-0.1, -0.05) is 12.1 Å². The van der Waals surface area contributed by atoms with Gasteiger partial charge in [0.15, 0.2) is 0 Å². The van der Waals surface area contributed by atoms with Gasteiger partial charge in [0.05, 0.1) is 35.5 Å². The quantitative estimate of drug-likeness (QED) is 0.869. The molecule has 6 nitrogen and oxygen atoms in total. The molecule has 0 saturated carbocycles. The highest BCUT2D eigenvalue weighted by atomic mass is 32.2. The van der Waals surface area contributed by atoms with Gasteiger partial charge in [0.25, 0.3) is 0 Å². The topological polar surface area (TPSA) is 81.2 Å². The second-order valence-corrected chi connectivity index (χ2v) is 7.03. The maximum Gasteiger partial charge on any atom is 0.416 e. The first kappa shape index (κ1) is 19.0. The number of nitrogens with zero attached hydrogens (tertiary/aromatic N) is 2. The second kappa shape index (κ2) is 6.87. The Kier molecular flexibility index (Phi) is 5.21. The van der Waals surface area contributed by atoms with Crippen molar-refractivity contribution in [2.24, 2.45) is 0 Å². The lowest BCUT2D eigenvalue weighted by Crippen LogP contribution is -2.18. The molecule has 0 spiro atoms. The summed E-state index contributed by atoms with van der Waals surface area (Å²) in [4.78, 5) is 7.99. The molecule has 1 aromatic carbocycles. The molecule has 0 bridgehead atoms. The molecule has 136 valence electrons. The minimum atomic E-state index is -4.47. The van der Waals surface area contributed by atoms with E-state index in [9.17, 15) is 21.6 Å². The summed E-state index contributed by atoms with van der Waals surface area (Å²) in [6.07, 6.45) is -4.47. The lowest BCUT2D eigenvalue weighted by atomic mass is 10.1. The summed E-state index contributed by atoms with van der Waals surface area (Å²) in [5.41, 5.74) is 0.357. The molecule has 0 atom stereocenters. The zero-order valence-electron chi connectivity index (χ0n) is 13.7. The lowest BCUT2D eigenvalue weighted by molar-refractivity contribution is -0.137. The van der Waals surface area contributed by atoms with Crippen molar-refractivity contribution in [1.29, 1.82) is 0 Å². The first-order chi connectivity index (χ1) is 11.5. The smallest absolute Gasteiger partial charge is 0.416 e. The molecule has 2 aromatic rings. The fourth-order valence-corrected chi connectivity index (χ4v) is 3.44. The molecule has 10 heteroatoms. The van der Waals surface area contributed by atoms with Crippen molar-refractivity contribution < 1.29 is 26.3 Å². The van der Waals surface area contributed by atoms with Crippen molar-refractivity contribution in [1.82, 2.24) is 9.97 Å². The minimum absolute atomic E-state index is 0.112. The fourth-order valence-electron chi connectivity index (χ4n) is 2.13. The molecular weight excluding hydrogens is 359 g/mol. The number of nitrogens with one attached hydrogen (secondary N) is 1. The maximum absolute atomic E-state index is 12.5. The van der Waals surface area contributed by atoms with Crippen LogP contribution in [0, 0.1) is 13.8 Å². The maximum atomic E-state index is 12.5. The van der Waals surface area contributed by atoms with E-state index >= 15 is 0 Å².